The van der Waals surface area contributed by atoms with Crippen molar-refractivity contribution < 1.29 is 9.84 Å². The van der Waals surface area contributed by atoms with Gasteiger partial charge in [-0.3, -0.25) is 0 Å². The van der Waals surface area contributed by atoms with Crippen molar-refractivity contribution in [2.75, 3.05) is 12.4 Å². The molecule has 0 bridgehead atoms. The third-order valence-corrected chi connectivity index (χ3v) is 3.90. The zero-order chi connectivity index (χ0) is 18.9. The van der Waals surface area contributed by atoms with Crippen molar-refractivity contribution in [2.45, 2.75) is 33.3 Å². The average molecular weight is 353 g/mol. The highest BCUT2D eigenvalue weighted by molar-refractivity contribution is 5.70. The van der Waals surface area contributed by atoms with Gasteiger partial charge in [-0.1, -0.05) is 0 Å². The molecule has 26 heavy (non-hydrogen) atoms. The van der Waals surface area contributed by atoms with Gasteiger partial charge in [0.1, 0.15) is 17.2 Å². The number of aryl methyl sites for hydroxylation is 2. The molecule has 0 fully saturated rings. The van der Waals surface area contributed by atoms with Gasteiger partial charge in [0, 0.05) is 23.6 Å². The Morgan fingerprint density at radius 3 is 2.46 bits per heavy atom. The lowest BCUT2D eigenvalue weighted by Gasteiger charge is -2.18. The number of anilines is 2. The molecule has 3 aromatic rings. The predicted molar refractivity (Wildman–Crippen MR) is 101 cm³/mol. The van der Waals surface area contributed by atoms with Crippen LogP contribution < -0.4 is 10.1 Å². The summed E-state index contributed by atoms with van der Waals surface area (Å²) >= 11 is 0. The Morgan fingerprint density at radius 2 is 1.85 bits per heavy atom. The fraction of sp³-hybridized carbons (Fsp3) is 0.316. The summed E-state index contributed by atoms with van der Waals surface area (Å²) in [5.74, 6) is 1.85. The lowest BCUT2D eigenvalue weighted by atomic mass is 10.0. The summed E-state index contributed by atoms with van der Waals surface area (Å²) in [4.78, 5) is 16.4. The van der Waals surface area contributed by atoms with E-state index in [4.69, 9.17) is 4.74 Å². The summed E-state index contributed by atoms with van der Waals surface area (Å²) < 4.78 is 5.51. The highest BCUT2D eigenvalue weighted by Gasteiger charge is 2.19. The van der Waals surface area contributed by atoms with Crippen LogP contribution in [0.25, 0.3) is 11.4 Å². The van der Waals surface area contributed by atoms with Crippen LogP contribution in [-0.4, -0.2) is 32.2 Å². The first kappa shape index (κ1) is 17.9. The molecule has 7 nitrogen and oxygen atoms in total. The summed E-state index contributed by atoms with van der Waals surface area (Å²) in [6.45, 7) is 7.19. The maximum atomic E-state index is 10.2. The lowest BCUT2D eigenvalue weighted by molar-refractivity contribution is 0.0737. The Labute approximate surface area is 152 Å². The van der Waals surface area contributed by atoms with E-state index in [-0.39, 0.29) is 0 Å². The quantitative estimate of drug-likeness (QED) is 0.650. The van der Waals surface area contributed by atoms with Crippen molar-refractivity contribution in [3.05, 3.63) is 47.5 Å². The molecule has 0 aliphatic rings. The van der Waals surface area contributed by atoms with Gasteiger partial charge in [-0.15, -0.1) is 0 Å². The minimum Gasteiger partial charge on any atom is -0.496 e. The molecule has 2 aromatic heterocycles. The van der Waals surface area contributed by atoms with E-state index < -0.39 is 5.60 Å². The van der Waals surface area contributed by atoms with Crippen molar-refractivity contribution in [2.24, 2.45) is 0 Å². The molecule has 0 atom stereocenters. The van der Waals surface area contributed by atoms with E-state index in [1.165, 1.54) is 0 Å². The second kappa shape index (κ2) is 6.76. The van der Waals surface area contributed by atoms with Crippen molar-refractivity contribution in [1.82, 2.24) is 19.9 Å². The molecule has 3 rings (SSSR count). The van der Waals surface area contributed by atoms with E-state index in [1.807, 2.05) is 38.2 Å². The molecule has 0 saturated carbocycles. The van der Waals surface area contributed by atoms with Crippen LogP contribution in [0.4, 0.5) is 11.6 Å². The number of H-pyrrole nitrogens is 1. The van der Waals surface area contributed by atoms with Crippen LogP contribution in [0, 0.1) is 13.8 Å². The van der Waals surface area contributed by atoms with Crippen molar-refractivity contribution in [1.29, 1.82) is 0 Å². The van der Waals surface area contributed by atoms with Crippen LogP contribution in [0.2, 0.25) is 0 Å². The summed E-state index contributed by atoms with van der Waals surface area (Å²) in [6, 6.07) is 7.47. The second-order valence-corrected chi connectivity index (χ2v) is 6.71. The zero-order valence-corrected chi connectivity index (χ0v) is 15.6. The van der Waals surface area contributed by atoms with Crippen molar-refractivity contribution in [3.63, 3.8) is 0 Å². The molecule has 0 amide bonds. The molecular formula is C19H23N5O2. The number of benzene rings is 1. The Balaban J connectivity index is 1.93. The molecule has 2 heterocycles. The maximum absolute atomic E-state index is 10.2. The minimum absolute atomic E-state index is 0.422. The number of aliphatic hydroxyl groups is 1. The van der Waals surface area contributed by atoms with Crippen LogP contribution in [0.15, 0.2) is 30.5 Å². The first-order valence-corrected chi connectivity index (χ1v) is 8.32. The van der Waals surface area contributed by atoms with Gasteiger partial charge in [0.15, 0.2) is 0 Å². The lowest BCUT2D eigenvalue weighted by Crippen LogP contribution is -2.19. The van der Waals surface area contributed by atoms with Crippen LogP contribution in [0.5, 0.6) is 5.75 Å². The monoisotopic (exact) mass is 353 g/mol. The van der Waals surface area contributed by atoms with Crippen LogP contribution in [0.1, 0.15) is 30.9 Å². The number of aromatic nitrogens is 4. The highest BCUT2D eigenvalue weighted by atomic mass is 16.5. The van der Waals surface area contributed by atoms with Crippen LogP contribution >= 0.6 is 0 Å². The number of hydrogen-bond donors (Lipinski definition) is 3. The van der Waals surface area contributed by atoms with Gasteiger partial charge in [-0.2, -0.15) is 0 Å². The van der Waals surface area contributed by atoms with Gasteiger partial charge in [0.2, 0.25) is 5.95 Å². The number of aromatic amines is 1. The first-order chi connectivity index (χ1) is 12.3. The average Bonchev–Trinajstić information content (AvgIpc) is 2.99. The standard InChI is InChI=1S/C19H23N5O2/c1-11-8-16(19(3,4)25)24-18(22-11)23-13-6-7-14(15(9-13)26-5)17-20-10-12(2)21-17/h6-10,25H,1-5H3,(H,20,21)(H,22,23,24). The number of rotatable bonds is 5. The number of nitrogens with zero attached hydrogens (tertiary/aromatic N) is 3. The Bertz CT molecular complexity index is 928. The third kappa shape index (κ3) is 3.83. The fourth-order valence-electron chi connectivity index (χ4n) is 2.58. The number of ether oxygens (including phenoxy) is 1. The molecule has 0 aliphatic heterocycles. The molecule has 3 N–H and O–H groups in total. The molecule has 0 saturated heterocycles. The fourth-order valence-corrected chi connectivity index (χ4v) is 2.58. The van der Waals surface area contributed by atoms with E-state index in [1.54, 1.807) is 27.0 Å². The van der Waals surface area contributed by atoms with E-state index in [9.17, 15) is 5.11 Å². The Morgan fingerprint density at radius 1 is 1.08 bits per heavy atom. The van der Waals surface area contributed by atoms with Gasteiger partial charge in [0.05, 0.1) is 24.1 Å². The number of nitrogens with one attached hydrogen (secondary N) is 2. The number of imidazole rings is 1. The molecule has 7 heteroatoms. The minimum atomic E-state index is -1.04. The summed E-state index contributed by atoms with van der Waals surface area (Å²) in [5, 5.41) is 13.4. The Kier molecular flexibility index (Phi) is 4.65. The van der Waals surface area contributed by atoms with Crippen LogP contribution in [-0.2, 0) is 5.60 Å². The summed E-state index contributed by atoms with van der Waals surface area (Å²) in [7, 11) is 1.62. The number of hydrogen-bond acceptors (Lipinski definition) is 6. The largest absolute Gasteiger partial charge is 0.496 e. The predicted octanol–water partition coefficient (Wildman–Crippen LogP) is 3.46. The van der Waals surface area contributed by atoms with Gasteiger partial charge < -0.3 is 20.1 Å². The molecule has 0 spiro atoms. The summed E-state index contributed by atoms with van der Waals surface area (Å²) in [5.41, 5.74) is 2.85. The SMILES string of the molecule is COc1cc(Nc2nc(C)cc(C(C)(C)O)n2)ccc1-c1nc(C)c[nH]1. The molecule has 136 valence electrons. The van der Waals surface area contributed by atoms with Crippen molar-refractivity contribution >= 4 is 11.6 Å². The van der Waals surface area contributed by atoms with Crippen LogP contribution in [0.3, 0.4) is 0 Å². The van der Waals surface area contributed by atoms with Gasteiger partial charge in [-0.25, -0.2) is 15.0 Å². The maximum Gasteiger partial charge on any atom is 0.227 e. The topological polar surface area (TPSA) is 95.9 Å². The normalized spacial score (nSPS) is 11.5. The molecule has 0 radical (unpaired) electrons. The molecule has 0 unspecified atom stereocenters. The summed E-state index contributed by atoms with van der Waals surface area (Å²) in [6.07, 6.45) is 1.85. The molecular weight excluding hydrogens is 330 g/mol. The number of methoxy groups -OCH3 is 1. The zero-order valence-electron chi connectivity index (χ0n) is 15.6. The van der Waals surface area contributed by atoms with Gasteiger partial charge >= 0.3 is 0 Å². The van der Waals surface area contributed by atoms with E-state index in [0.29, 0.717) is 17.4 Å². The van der Waals surface area contributed by atoms with E-state index in [0.717, 1.165) is 28.5 Å². The molecule has 1 aromatic carbocycles. The smallest absolute Gasteiger partial charge is 0.227 e. The third-order valence-electron chi connectivity index (χ3n) is 3.90. The van der Waals surface area contributed by atoms with Gasteiger partial charge in [0.25, 0.3) is 0 Å². The van der Waals surface area contributed by atoms with E-state index in [2.05, 4.69) is 25.3 Å². The Hall–Kier alpha value is -2.93. The highest BCUT2D eigenvalue weighted by Crippen LogP contribution is 2.31. The second-order valence-electron chi connectivity index (χ2n) is 6.71. The van der Waals surface area contributed by atoms with Gasteiger partial charge in [-0.05, 0) is 45.9 Å². The van der Waals surface area contributed by atoms with Crippen molar-refractivity contribution in [3.8, 4) is 17.1 Å². The van der Waals surface area contributed by atoms with E-state index >= 15 is 0 Å². The first-order valence-electron chi connectivity index (χ1n) is 8.32. The molecule has 0 aliphatic carbocycles.